The Kier molecular flexibility index (Phi) is 7.22. The lowest BCUT2D eigenvalue weighted by molar-refractivity contribution is -0.145. The van der Waals surface area contributed by atoms with Gasteiger partial charge in [-0.05, 0) is 36.1 Å². The van der Waals surface area contributed by atoms with E-state index in [1.54, 1.807) is 0 Å². The second kappa shape index (κ2) is 10.3. The number of amides is 2. The third-order valence-electron chi connectivity index (χ3n) is 5.77. The Morgan fingerprint density at radius 3 is 2.44 bits per heavy atom. The summed E-state index contributed by atoms with van der Waals surface area (Å²) < 4.78 is 51.2. The Balaban J connectivity index is 1.39. The summed E-state index contributed by atoms with van der Waals surface area (Å²) in [6.07, 6.45) is -0.827. The number of rotatable bonds is 6. The first-order valence-electron chi connectivity index (χ1n) is 11.1. The maximum Gasteiger partial charge on any atom is 0.451 e. The van der Waals surface area contributed by atoms with Crippen LogP contribution in [0.4, 0.5) is 17.6 Å². The molecule has 36 heavy (non-hydrogen) atoms. The fraction of sp³-hybridized carbons (Fsp3) is 0.333. The maximum atomic E-state index is 13.1. The number of nitrogens with one attached hydrogen (secondary N) is 1. The van der Waals surface area contributed by atoms with Crippen molar-refractivity contribution in [2.45, 2.75) is 38.5 Å². The Morgan fingerprint density at radius 2 is 1.78 bits per heavy atom. The van der Waals surface area contributed by atoms with Gasteiger partial charge in [-0.25, -0.2) is 24.3 Å². The Labute approximate surface area is 203 Å². The highest BCUT2D eigenvalue weighted by molar-refractivity contribution is 5.89. The molecule has 1 aromatic carbocycles. The van der Waals surface area contributed by atoms with E-state index < -0.39 is 23.9 Å². The minimum absolute atomic E-state index is 0.0285. The van der Waals surface area contributed by atoms with Crippen LogP contribution in [0.1, 0.15) is 30.4 Å². The lowest BCUT2D eigenvalue weighted by Gasteiger charge is -2.24. The van der Waals surface area contributed by atoms with Gasteiger partial charge in [0, 0.05) is 24.5 Å². The van der Waals surface area contributed by atoms with Crippen LogP contribution in [0.15, 0.2) is 49.1 Å². The Morgan fingerprint density at radius 1 is 1.08 bits per heavy atom. The molecule has 3 aromatic rings. The standard InChI is InChI=1S/C24H22F4N6O2/c1-14-6-20(34(12-14)21(35)7-15-2-4-17(25)5-3-15)22(36)29-11-18-8-19(33-13-32-18)16-9-30-23(31-10-16)24(26,27)28/h2-5,8-10,13-14,20H,6-7,11-12H2,1H3,(H,29,36)/t14-,20+/m1/s1. The zero-order valence-electron chi connectivity index (χ0n) is 19.2. The molecule has 4 rings (SSSR count). The highest BCUT2D eigenvalue weighted by Crippen LogP contribution is 2.27. The normalized spacial score (nSPS) is 17.8. The van der Waals surface area contributed by atoms with Gasteiger partial charge in [0.25, 0.3) is 0 Å². The van der Waals surface area contributed by atoms with E-state index in [1.807, 2.05) is 6.92 Å². The molecular weight excluding hydrogens is 480 g/mol. The van der Waals surface area contributed by atoms with E-state index >= 15 is 0 Å². The highest BCUT2D eigenvalue weighted by Gasteiger charge is 2.37. The summed E-state index contributed by atoms with van der Waals surface area (Å²) in [6.45, 7) is 2.42. The molecule has 12 heteroatoms. The van der Waals surface area contributed by atoms with Crippen LogP contribution in [0.5, 0.6) is 0 Å². The maximum absolute atomic E-state index is 13.1. The van der Waals surface area contributed by atoms with Crippen LogP contribution >= 0.6 is 0 Å². The van der Waals surface area contributed by atoms with Crippen molar-refractivity contribution in [3.05, 3.63) is 72.0 Å². The molecule has 8 nitrogen and oxygen atoms in total. The molecule has 1 aliphatic heterocycles. The molecular formula is C24H22F4N6O2. The highest BCUT2D eigenvalue weighted by atomic mass is 19.4. The molecule has 0 unspecified atom stereocenters. The summed E-state index contributed by atoms with van der Waals surface area (Å²) in [6, 6.07) is 6.50. The number of aromatic nitrogens is 4. The van der Waals surface area contributed by atoms with Gasteiger partial charge in [-0.1, -0.05) is 19.1 Å². The van der Waals surface area contributed by atoms with Gasteiger partial charge in [0.1, 0.15) is 18.2 Å². The third kappa shape index (κ3) is 5.99. The predicted molar refractivity (Wildman–Crippen MR) is 119 cm³/mol. The van der Waals surface area contributed by atoms with Crippen LogP contribution in [-0.4, -0.2) is 49.2 Å². The van der Waals surface area contributed by atoms with E-state index in [2.05, 4.69) is 25.3 Å². The summed E-state index contributed by atoms with van der Waals surface area (Å²) in [5, 5.41) is 2.77. The lowest BCUT2D eigenvalue weighted by atomic mass is 10.1. The smallest absolute Gasteiger partial charge is 0.349 e. The number of likely N-dealkylation sites (tertiary alicyclic amines) is 1. The molecule has 1 N–H and O–H groups in total. The summed E-state index contributed by atoms with van der Waals surface area (Å²) in [7, 11) is 0. The van der Waals surface area contributed by atoms with Crippen molar-refractivity contribution in [3.8, 4) is 11.3 Å². The average Bonchev–Trinajstić information content (AvgIpc) is 3.25. The van der Waals surface area contributed by atoms with Gasteiger partial charge < -0.3 is 10.2 Å². The van der Waals surface area contributed by atoms with Crippen molar-refractivity contribution < 1.29 is 27.2 Å². The topological polar surface area (TPSA) is 101 Å². The first kappa shape index (κ1) is 25.1. The number of halogens is 4. The van der Waals surface area contributed by atoms with Crippen molar-refractivity contribution >= 4 is 11.8 Å². The zero-order chi connectivity index (χ0) is 25.9. The van der Waals surface area contributed by atoms with Gasteiger partial charge in [0.05, 0.1) is 24.4 Å². The first-order valence-corrected chi connectivity index (χ1v) is 11.1. The summed E-state index contributed by atoms with van der Waals surface area (Å²) in [5.41, 5.74) is 1.64. The van der Waals surface area contributed by atoms with Crippen molar-refractivity contribution in [2.24, 2.45) is 5.92 Å². The largest absolute Gasteiger partial charge is 0.451 e. The van der Waals surface area contributed by atoms with Crippen LogP contribution in [0.25, 0.3) is 11.3 Å². The van der Waals surface area contributed by atoms with Crippen LogP contribution in [-0.2, 0) is 28.7 Å². The van der Waals surface area contributed by atoms with Gasteiger partial charge in [0.15, 0.2) is 0 Å². The molecule has 1 saturated heterocycles. The van der Waals surface area contributed by atoms with E-state index in [1.165, 1.54) is 41.6 Å². The van der Waals surface area contributed by atoms with Crippen LogP contribution < -0.4 is 5.32 Å². The van der Waals surface area contributed by atoms with Gasteiger partial charge >= 0.3 is 6.18 Å². The molecule has 2 atom stereocenters. The summed E-state index contributed by atoms with van der Waals surface area (Å²) in [4.78, 5) is 42.1. The second-order valence-electron chi connectivity index (χ2n) is 8.61. The number of nitrogens with zero attached hydrogens (tertiary/aromatic N) is 5. The SMILES string of the molecule is C[C@@H]1C[C@@H](C(=O)NCc2cc(-c3cnc(C(F)(F)F)nc3)ncn2)N(C(=O)Cc2ccc(F)cc2)C1. The van der Waals surface area contributed by atoms with Gasteiger partial charge in [-0.2, -0.15) is 13.2 Å². The third-order valence-corrected chi connectivity index (χ3v) is 5.77. The summed E-state index contributed by atoms with van der Waals surface area (Å²) >= 11 is 0. The molecule has 1 aliphatic rings. The molecule has 2 aromatic heterocycles. The van der Waals surface area contributed by atoms with Crippen molar-refractivity contribution in [1.82, 2.24) is 30.2 Å². The minimum atomic E-state index is -4.65. The van der Waals surface area contributed by atoms with Crippen LogP contribution in [0, 0.1) is 11.7 Å². The molecule has 0 bridgehead atoms. The minimum Gasteiger partial charge on any atom is -0.349 e. The van der Waals surface area contributed by atoms with E-state index in [4.69, 9.17) is 0 Å². The van der Waals surface area contributed by atoms with Crippen molar-refractivity contribution in [1.29, 1.82) is 0 Å². The molecule has 1 fully saturated rings. The average molecular weight is 502 g/mol. The number of carbonyl (C=O) groups excluding carboxylic acids is 2. The molecule has 0 radical (unpaired) electrons. The molecule has 188 valence electrons. The Hall–Kier alpha value is -3.96. The van der Waals surface area contributed by atoms with Crippen LogP contribution in [0.2, 0.25) is 0 Å². The fourth-order valence-corrected chi connectivity index (χ4v) is 4.00. The van der Waals surface area contributed by atoms with E-state index in [0.717, 1.165) is 12.4 Å². The molecule has 3 heterocycles. The first-order chi connectivity index (χ1) is 17.1. The van der Waals surface area contributed by atoms with Crippen molar-refractivity contribution in [3.63, 3.8) is 0 Å². The number of hydrogen-bond donors (Lipinski definition) is 1. The van der Waals surface area contributed by atoms with E-state index in [0.29, 0.717) is 29.9 Å². The number of alkyl halides is 3. The monoisotopic (exact) mass is 502 g/mol. The van der Waals surface area contributed by atoms with Crippen LogP contribution in [0.3, 0.4) is 0 Å². The van der Waals surface area contributed by atoms with Crippen molar-refractivity contribution in [2.75, 3.05) is 6.54 Å². The van der Waals surface area contributed by atoms with E-state index in [-0.39, 0.29) is 36.3 Å². The van der Waals surface area contributed by atoms with Gasteiger partial charge in [-0.15, -0.1) is 0 Å². The number of hydrogen-bond acceptors (Lipinski definition) is 6. The van der Waals surface area contributed by atoms with Gasteiger partial charge in [-0.3, -0.25) is 9.59 Å². The molecule has 0 spiro atoms. The quantitative estimate of drug-likeness (QED) is 0.520. The number of carbonyl (C=O) groups is 2. The predicted octanol–water partition coefficient (Wildman–Crippen LogP) is 3.19. The lowest BCUT2D eigenvalue weighted by Crippen LogP contribution is -2.46. The molecule has 0 saturated carbocycles. The Bertz CT molecular complexity index is 1230. The number of benzene rings is 1. The second-order valence-corrected chi connectivity index (χ2v) is 8.61. The summed E-state index contributed by atoms with van der Waals surface area (Å²) in [5.74, 6) is -2.08. The van der Waals surface area contributed by atoms with E-state index in [9.17, 15) is 27.2 Å². The van der Waals surface area contributed by atoms with Gasteiger partial charge in [0.2, 0.25) is 17.6 Å². The molecule has 0 aliphatic carbocycles. The molecule has 2 amide bonds. The zero-order valence-corrected chi connectivity index (χ0v) is 19.2. The fourth-order valence-electron chi connectivity index (χ4n) is 4.00.